The number of pyridine rings is 2. The van der Waals surface area contributed by atoms with Crippen LogP contribution in [0.3, 0.4) is 0 Å². The van der Waals surface area contributed by atoms with Crippen molar-refractivity contribution in [1.29, 1.82) is 0 Å². The molecule has 2 heterocycles. The highest BCUT2D eigenvalue weighted by molar-refractivity contribution is 6.01. The molecule has 2 aromatic carbocycles. The van der Waals surface area contributed by atoms with Crippen LogP contribution < -0.4 is 21.5 Å². The number of anilines is 2. The number of carbonyl (C=O) groups is 1. The van der Waals surface area contributed by atoms with Crippen molar-refractivity contribution in [2.45, 2.75) is 0 Å². The molecule has 0 aliphatic carbocycles. The molecule has 0 atom stereocenters. The third-order valence-corrected chi connectivity index (χ3v) is 4.80. The van der Waals surface area contributed by atoms with E-state index in [0.29, 0.717) is 11.0 Å². The van der Waals surface area contributed by atoms with Crippen LogP contribution in [-0.2, 0) is 14.1 Å². The van der Waals surface area contributed by atoms with Gasteiger partial charge in [0.25, 0.3) is 0 Å². The molecule has 0 aliphatic rings. The monoisotopic (exact) mass is 410 g/mol. The SMILES string of the molecule is Cn1cc(NC(=O)Nc2cn(C)c3ccc(F)cc3c2=O)c(=O)c2cc(F)ccc21. The largest absolute Gasteiger partial charge is 0.348 e. The van der Waals surface area contributed by atoms with Gasteiger partial charge in [-0.15, -0.1) is 0 Å². The zero-order valence-corrected chi connectivity index (χ0v) is 16.0. The first kappa shape index (κ1) is 19.3. The fourth-order valence-corrected chi connectivity index (χ4v) is 3.38. The average molecular weight is 410 g/mol. The number of hydrogen-bond acceptors (Lipinski definition) is 3. The van der Waals surface area contributed by atoms with Crippen molar-refractivity contribution in [3.8, 4) is 0 Å². The molecule has 4 aromatic rings. The van der Waals surface area contributed by atoms with Crippen LogP contribution in [0.5, 0.6) is 0 Å². The highest BCUT2D eigenvalue weighted by Gasteiger charge is 2.14. The molecule has 30 heavy (non-hydrogen) atoms. The molecule has 0 aliphatic heterocycles. The van der Waals surface area contributed by atoms with E-state index < -0.39 is 28.5 Å². The standard InChI is InChI=1S/C21H16F2N4O3/c1-26-9-15(19(28)13-7-11(22)3-5-17(13)26)24-21(30)25-16-10-27(2)18-6-4-12(23)8-14(18)20(16)29/h3-10H,1-2H3,(H2,24,25,30). The van der Waals surface area contributed by atoms with Gasteiger partial charge in [0.1, 0.15) is 23.0 Å². The van der Waals surface area contributed by atoms with Crippen LogP contribution in [-0.4, -0.2) is 15.2 Å². The van der Waals surface area contributed by atoms with Gasteiger partial charge in [0.15, 0.2) is 0 Å². The number of benzene rings is 2. The molecular formula is C21H16F2N4O3. The lowest BCUT2D eigenvalue weighted by molar-refractivity contribution is 0.262. The van der Waals surface area contributed by atoms with E-state index in [9.17, 15) is 23.2 Å². The van der Waals surface area contributed by atoms with Crippen molar-refractivity contribution in [3.63, 3.8) is 0 Å². The van der Waals surface area contributed by atoms with Crippen molar-refractivity contribution in [1.82, 2.24) is 9.13 Å². The molecule has 0 saturated carbocycles. The second-order valence-corrected chi connectivity index (χ2v) is 6.87. The van der Waals surface area contributed by atoms with Crippen LogP contribution in [0.15, 0.2) is 58.4 Å². The van der Waals surface area contributed by atoms with Crippen LogP contribution in [0.2, 0.25) is 0 Å². The summed E-state index contributed by atoms with van der Waals surface area (Å²) in [5.41, 5.74) is -0.304. The third kappa shape index (κ3) is 3.30. The van der Waals surface area contributed by atoms with Crippen molar-refractivity contribution in [2.24, 2.45) is 14.1 Å². The summed E-state index contributed by atoms with van der Waals surface area (Å²) in [5, 5.41) is 4.99. The predicted molar refractivity (Wildman–Crippen MR) is 111 cm³/mol. The Morgan fingerprint density at radius 1 is 0.767 bits per heavy atom. The molecule has 4 rings (SSSR count). The van der Waals surface area contributed by atoms with Gasteiger partial charge in [-0.05, 0) is 36.4 Å². The maximum atomic E-state index is 13.6. The number of halogens is 2. The molecule has 7 nitrogen and oxygen atoms in total. The van der Waals surface area contributed by atoms with E-state index in [2.05, 4.69) is 10.6 Å². The fraction of sp³-hybridized carbons (Fsp3) is 0.0952. The number of fused-ring (bicyclic) bond motifs is 2. The number of carbonyl (C=O) groups excluding carboxylic acids is 1. The van der Waals surface area contributed by atoms with Crippen molar-refractivity contribution >= 4 is 39.2 Å². The Morgan fingerprint density at radius 3 is 1.57 bits per heavy atom. The van der Waals surface area contributed by atoms with Gasteiger partial charge >= 0.3 is 6.03 Å². The van der Waals surface area contributed by atoms with E-state index in [-0.39, 0.29) is 22.1 Å². The summed E-state index contributed by atoms with van der Waals surface area (Å²) in [4.78, 5) is 37.7. The molecule has 0 fully saturated rings. The van der Waals surface area contributed by atoms with Gasteiger partial charge in [-0.25, -0.2) is 13.6 Å². The third-order valence-electron chi connectivity index (χ3n) is 4.80. The van der Waals surface area contributed by atoms with E-state index >= 15 is 0 Å². The number of aromatic nitrogens is 2. The summed E-state index contributed by atoms with van der Waals surface area (Å²) < 4.78 is 30.3. The highest BCUT2D eigenvalue weighted by Crippen LogP contribution is 2.16. The number of hydrogen-bond donors (Lipinski definition) is 2. The van der Waals surface area contributed by atoms with Crippen molar-refractivity contribution < 1.29 is 13.6 Å². The lowest BCUT2D eigenvalue weighted by atomic mass is 10.2. The van der Waals surface area contributed by atoms with E-state index in [4.69, 9.17) is 0 Å². The number of nitrogens with zero attached hydrogens (tertiary/aromatic N) is 2. The molecule has 0 radical (unpaired) electrons. The van der Waals surface area contributed by atoms with Gasteiger partial charge in [0.05, 0.1) is 21.8 Å². The number of rotatable bonds is 2. The summed E-state index contributed by atoms with van der Waals surface area (Å²) in [5.74, 6) is -1.15. The minimum atomic E-state index is -0.837. The van der Waals surface area contributed by atoms with Crippen LogP contribution in [0.25, 0.3) is 21.8 Å². The van der Waals surface area contributed by atoms with Gasteiger partial charge in [0.2, 0.25) is 10.9 Å². The minimum absolute atomic E-state index is 0.0863. The lowest BCUT2D eigenvalue weighted by Gasteiger charge is -2.12. The predicted octanol–water partition coefficient (Wildman–Crippen LogP) is 3.31. The normalized spacial score (nSPS) is 11.1. The Bertz CT molecular complexity index is 1350. The number of amides is 2. The zero-order chi connectivity index (χ0) is 21.6. The lowest BCUT2D eigenvalue weighted by Crippen LogP contribution is -2.27. The maximum Gasteiger partial charge on any atom is 0.323 e. The highest BCUT2D eigenvalue weighted by atomic mass is 19.1. The molecular weight excluding hydrogens is 394 g/mol. The number of nitrogens with one attached hydrogen (secondary N) is 2. The molecule has 2 N–H and O–H groups in total. The Kier molecular flexibility index (Phi) is 4.57. The van der Waals surface area contributed by atoms with Crippen LogP contribution in [0.4, 0.5) is 25.0 Å². The Hall–Kier alpha value is -4.01. The summed E-state index contributed by atoms with van der Waals surface area (Å²) >= 11 is 0. The van der Waals surface area contributed by atoms with Gasteiger partial charge in [-0.2, -0.15) is 0 Å². The van der Waals surface area contributed by atoms with Gasteiger partial charge < -0.3 is 19.8 Å². The second kappa shape index (κ2) is 7.11. The van der Waals surface area contributed by atoms with Crippen LogP contribution in [0, 0.1) is 11.6 Å². The topological polar surface area (TPSA) is 85.1 Å². The Morgan fingerprint density at radius 2 is 1.17 bits per heavy atom. The van der Waals surface area contributed by atoms with E-state index in [0.717, 1.165) is 12.1 Å². The minimum Gasteiger partial charge on any atom is -0.348 e. The van der Waals surface area contributed by atoms with Gasteiger partial charge in [-0.1, -0.05) is 0 Å². The van der Waals surface area contributed by atoms with E-state index in [1.165, 1.54) is 36.7 Å². The smallest absolute Gasteiger partial charge is 0.323 e. The Labute approximate surface area is 168 Å². The fourth-order valence-electron chi connectivity index (χ4n) is 3.38. The second-order valence-electron chi connectivity index (χ2n) is 6.87. The van der Waals surface area contributed by atoms with E-state index in [1.807, 2.05) is 0 Å². The number of aryl methyl sites for hydroxylation is 2. The summed E-state index contributed by atoms with van der Waals surface area (Å²) in [6, 6.07) is 6.75. The van der Waals surface area contributed by atoms with Crippen molar-refractivity contribution in [3.05, 3.63) is 80.9 Å². The van der Waals surface area contributed by atoms with Crippen LogP contribution >= 0.6 is 0 Å². The molecule has 2 aromatic heterocycles. The quantitative estimate of drug-likeness (QED) is 0.532. The molecule has 2 amide bonds. The van der Waals surface area contributed by atoms with Crippen LogP contribution in [0.1, 0.15) is 0 Å². The number of urea groups is 1. The van der Waals surface area contributed by atoms with E-state index in [1.54, 1.807) is 23.2 Å². The molecule has 152 valence electrons. The molecule has 0 unspecified atom stereocenters. The average Bonchev–Trinajstić information content (AvgIpc) is 2.69. The first-order chi connectivity index (χ1) is 14.2. The first-order valence-electron chi connectivity index (χ1n) is 8.90. The zero-order valence-electron chi connectivity index (χ0n) is 16.0. The Balaban J connectivity index is 1.69. The summed E-state index contributed by atoms with van der Waals surface area (Å²) in [6.07, 6.45) is 2.80. The molecule has 0 spiro atoms. The maximum absolute atomic E-state index is 13.6. The summed E-state index contributed by atoms with van der Waals surface area (Å²) in [7, 11) is 3.30. The summed E-state index contributed by atoms with van der Waals surface area (Å²) in [6.45, 7) is 0. The van der Waals surface area contributed by atoms with Gasteiger partial charge in [0, 0.05) is 26.5 Å². The van der Waals surface area contributed by atoms with Gasteiger partial charge in [-0.3, -0.25) is 9.59 Å². The van der Waals surface area contributed by atoms with Crippen molar-refractivity contribution in [2.75, 3.05) is 10.6 Å². The molecule has 0 bridgehead atoms. The molecule has 9 heteroatoms. The first-order valence-corrected chi connectivity index (χ1v) is 8.90. The molecule has 0 saturated heterocycles.